The summed E-state index contributed by atoms with van der Waals surface area (Å²) in [6.45, 7) is 3.85. The van der Waals surface area contributed by atoms with Crippen molar-refractivity contribution in [2.24, 2.45) is 0 Å². The maximum absolute atomic E-state index is 13.7. The number of H-pyrrole nitrogens is 1. The minimum absolute atomic E-state index is 0.00447. The average molecular weight is 468 g/mol. The molecule has 3 N–H and O–H groups in total. The van der Waals surface area contributed by atoms with Gasteiger partial charge in [-0.1, -0.05) is 66.2 Å². The van der Waals surface area contributed by atoms with E-state index in [0.29, 0.717) is 30.9 Å². The van der Waals surface area contributed by atoms with Gasteiger partial charge in [0.15, 0.2) is 5.78 Å². The van der Waals surface area contributed by atoms with Gasteiger partial charge in [-0.25, -0.2) is 0 Å². The largest absolute Gasteiger partial charge is 0.377 e. The summed E-state index contributed by atoms with van der Waals surface area (Å²) in [5, 5.41) is 7.23. The predicted octanol–water partition coefficient (Wildman–Crippen LogP) is 4.36. The summed E-state index contributed by atoms with van der Waals surface area (Å²) < 4.78 is 5.12. The number of ketones is 1. The average Bonchev–Trinajstić information content (AvgIpc) is 3.28. The smallest absolute Gasteiger partial charge is 0.251 e. The molecule has 0 saturated carbocycles. The zero-order valence-electron chi connectivity index (χ0n) is 19.7. The van der Waals surface area contributed by atoms with Crippen molar-refractivity contribution in [1.29, 1.82) is 0 Å². The molecule has 6 nitrogen and oxygen atoms in total. The Kier molecular flexibility index (Phi) is 6.75. The summed E-state index contributed by atoms with van der Waals surface area (Å²) >= 11 is 0. The van der Waals surface area contributed by atoms with E-state index in [4.69, 9.17) is 4.74 Å². The minimum Gasteiger partial charge on any atom is -0.377 e. The number of aryl methyl sites for hydroxylation is 1. The van der Waals surface area contributed by atoms with Crippen molar-refractivity contribution < 1.29 is 14.3 Å². The third-order valence-electron chi connectivity index (χ3n) is 6.46. The van der Waals surface area contributed by atoms with Gasteiger partial charge in [-0.05, 0) is 36.6 Å². The van der Waals surface area contributed by atoms with Crippen LogP contribution >= 0.6 is 0 Å². The summed E-state index contributed by atoms with van der Waals surface area (Å²) in [5.41, 5.74) is 5.31. The molecule has 1 aromatic heterocycles. The van der Waals surface area contributed by atoms with Gasteiger partial charge >= 0.3 is 0 Å². The van der Waals surface area contributed by atoms with Gasteiger partial charge in [0.1, 0.15) is 0 Å². The fourth-order valence-electron chi connectivity index (χ4n) is 4.34. The molecule has 0 unspecified atom stereocenters. The Morgan fingerprint density at radius 2 is 1.80 bits per heavy atom. The molecule has 0 bridgehead atoms. The fourth-order valence-corrected chi connectivity index (χ4v) is 4.34. The molecule has 4 aromatic rings. The summed E-state index contributed by atoms with van der Waals surface area (Å²) in [6.07, 6.45) is 2.57. The topological polar surface area (TPSA) is 83.2 Å². The molecule has 35 heavy (non-hydrogen) atoms. The maximum atomic E-state index is 13.7. The van der Waals surface area contributed by atoms with E-state index in [1.165, 1.54) is 11.1 Å². The van der Waals surface area contributed by atoms with Crippen LogP contribution in [0.5, 0.6) is 0 Å². The lowest BCUT2D eigenvalue weighted by molar-refractivity contribution is -0.00346. The van der Waals surface area contributed by atoms with E-state index in [0.717, 1.165) is 22.9 Å². The zero-order valence-corrected chi connectivity index (χ0v) is 19.7. The van der Waals surface area contributed by atoms with Crippen LogP contribution in [0.1, 0.15) is 43.4 Å². The number of aromatic nitrogens is 1. The number of rotatable bonds is 9. The lowest BCUT2D eigenvalue weighted by atomic mass is 9.96. The molecule has 5 rings (SSSR count). The van der Waals surface area contributed by atoms with Crippen LogP contribution < -0.4 is 10.6 Å². The number of ether oxygens (including phenoxy) is 1. The molecule has 1 fully saturated rings. The first-order valence-corrected chi connectivity index (χ1v) is 12.0. The third kappa shape index (κ3) is 5.19. The van der Waals surface area contributed by atoms with Gasteiger partial charge in [0, 0.05) is 34.8 Å². The van der Waals surface area contributed by atoms with Gasteiger partial charge in [0.2, 0.25) is 0 Å². The van der Waals surface area contributed by atoms with E-state index < -0.39 is 6.04 Å². The number of hydrogen-bond acceptors (Lipinski definition) is 4. The Hall–Kier alpha value is -3.74. The Morgan fingerprint density at radius 1 is 1.03 bits per heavy atom. The number of Topliss-reactive ketones (excluding diaryl/α,β-unsaturated/α-hetero) is 1. The van der Waals surface area contributed by atoms with E-state index in [-0.39, 0.29) is 17.7 Å². The highest BCUT2D eigenvalue weighted by atomic mass is 16.5. The summed E-state index contributed by atoms with van der Waals surface area (Å²) in [7, 11) is 0. The number of amides is 1. The van der Waals surface area contributed by atoms with Crippen molar-refractivity contribution in [3.8, 4) is 0 Å². The number of fused-ring (bicyclic) bond motifs is 1. The molecule has 178 valence electrons. The first-order valence-electron chi connectivity index (χ1n) is 12.0. The highest BCUT2D eigenvalue weighted by molar-refractivity contribution is 6.11. The number of aromatic amines is 1. The summed E-state index contributed by atoms with van der Waals surface area (Å²) in [5.74, 6) is -0.141. The second-order valence-corrected chi connectivity index (χ2v) is 9.07. The van der Waals surface area contributed by atoms with Crippen LogP contribution in [0, 0.1) is 6.92 Å². The second kappa shape index (κ2) is 10.3. The fraction of sp³-hybridized carbons (Fsp3) is 0.241. The molecule has 1 amide bonds. The zero-order chi connectivity index (χ0) is 24.2. The van der Waals surface area contributed by atoms with Crippen LogP contribution in [0.3, 0.4) is 0 Å². The Bertz CT molecular complexity index is 1320. The SMILES string of the molecule is Cc1ccc(CCN[C@H](C(=O)c2c[nH]c3cc(C(=O)NC4COC4)ccc23)c2ccccc2)cc1. The van der Waals surface area contributed by atoms with Crippen molar-refractivity contribution in [3.63, 3.8) is 0 Å². The highest BCUT2D eigenvalue weighted by Crippen LogP contribution is 2.26. The molecule has 1 atom stereocenters. The van der Waals surface area contributed by atoms with E-state index >= 15 is 0 Å². The molecule has 1 aliphatic rings. The van der Waals surface area contributed by atoms with E-state index in [9.17, 15) is 9.59 Å². The first kappa shape index (κ1) is 23.0. The quantitative estimate of drug-likeness (QED) is 0.320. The van der Waals surface area contributed by atoms with Gasteiger partial charge in [0.25, 0.3) is 5.91 Å². The number of carbonyl (C=O) groups excluding carboxylic acids is 2. The van der Waals surface area contributed by atoms with Crippen molar-refractivity contribution in [1.82, 2.24) is 15.6 Å². The number of hydrogen-bond donors (Lipinski definition) is 3. The van der Waals surface area contributed by atoms with Gasteiger partial charge in [-0.3, -0.25) is 9.59 Å². The van der Waals surface area contributed by atoms with Crippen molar-refractivity contribution >= 4 is 22.6 Å². The monoisotopic (exact) mass is 467 g/mol. The Labute approximate surface area is 204 Å². The van der Waals surface area contributed by atoms with Crippen LogP contribution in [0.4, 0.5) is 0 Å². The highest BCUT2D eigenvalue weighted by Gasteiger charge is 2.25. The molecule has 3 aromatic carbocycles. The van der Waals surface area contributed by atoms with Crippen LogP contribution in [-0.2, 0) is 11.2 Å². The van der Waals surface area contributed by atoms with Gasteiger partial charge < -0.3 is 20.4 Å². The van der Waals surface area contributed by atoms with Crippen LogP contribution in [0.2, 0.25) is 0 Å². The third-order valence-corrected chi connectivity index (χ3v) is 6.46. The maximum Gasteiger partial charge on any atom is 0.251 e. The number of nitrogens with one attached hydrogen (secondary N) is 3. The lowest BCUT2D eigenvalue weighted by Gasteiger charge is -2.26. The van der Waals surface area contributed by atoms with Gasteiger partial charge in [-0.2, -0.15) is 0 Å². The molecule has 0 spiro atoms. The second-order valence-electron chi connectivity index (χ2n) is 9.07. The van der Waals surface area contributed by atoms with Gasteiger partial charge in [-0.15, -0.1) is 0 Å². The van der Waals surface area contributed by atoms with E-state index in [2.05, 4.69) is 46.8 Å². The minimum atomic E-state index is -0.470. The van der Waals surface area contributed by atoms with E-state index in [1.54, 1.807) is 18.3 Å². The number of benzene rings is 3. The summed E-state index contributed by atoms with van der Waals surface area (Å²) in [4.78, 5) is 29.5. The predicted molar refractivity (Wildman–Crippen MR) is 137 cm³/mol. The Morgan fingerprint density at radius 3 is 2.51 bits per heavy atom. The first-order chi connectivity index (χ1) is 17.1. The molecular formula is C29H29N3O3. The molecule has 2 heterocycles. The van der Waals surface area contributed by atoms with Crippen LogP contribution in [0.25, 0.3) is 10.9 Å². The van der Waals surface area contributed by atoms with Crippen molar-refractivity contribution in [2.75, 3.05) is 19.8 Å². The van der Waals surface area contributed by atoms with Crippen LogP contribution in [-0.4, -0.2) is 42.5 Å². The molecule has 0 radical (unpaired) electrons. The standard InChI is InChI=1S/C29H29N3O3/c1-19-7-9-20(10-8-19)13-14-30-27(21-5-3-2-4-6-21)28(33)25-16-31-26-15-22(11-12-24(25)26)29(34)32-23-17-35-18-23/h2-12,15-16,23,27,30-31H,13-14,17-18H2,1H3,(H,32,34)/t27-/m0/s1. The molecule has 1 aliphatic heterocycles. The lowest BCUT2D eigenvalue weighted by Crippen LogP contribution is -2.48. The molecule has 6 heteroatoms. The molecule has 1 saturated heterocycles. The van der Waals surface area contributed by atoms with Crippen molar-refractivity contribution in [2.45, 2.75) is 25.4 Å². The van der Waals surface area contributed by atoms with Crippen molar-refractivity contribution in [3.05, 3.63) is 107 Å². The summed E-state index contributed by atoms with van der Waals surface area (Å²) in [6, 6.07) is 23.3. The van der Waals surface area contributed by atoms with Gasteiger partial charge in [0.05, 0.1) is 25.3 Å². The molecular weight excluding hydrogens is 438 g/mol. The Balaban J connectivity index is 1.35. The normalized spacial score (nSPS) is 14.4. The van der Waals surface area contributed by atoms with Crippen LogP contribution in [0.15, 0.2) is 79.0 Å². The number of carbonyl (C=O) groups is 2. The molecule has 0 aliphatic carbocycles. The van der Waals surface area contributed by atoms with E-state index in [1.807, 2.05) is 36.4 Å².